The fourth-order valence-electron chi connectivity index (χ4n) is 6.55. The normalized spacial score (nSPS) is 34.4. The predicted octanol–water partition coefficient (Wildman–Crippen LogP) is -5.62. The maximum absolute atomic E-state index is 11.3. The number of aliphatic carboxylic acids is 5. The van der Waals surface area contributed by atoms with Gasteiger partial charge in [-0.25, -0.2) is 0 Å². The van der Waals surface area contributed by atoms with E-state index in [4.69, 9.17) is 107 Å². The third kappa shape index (κ3) is 23.0. The van der Waals surface area contributed by atoms with Gasteiger partial charge in [-0.05, 0) is 18.6 Å². The molecular weight excluding hydrogens is 904 g/mol. The number of hydrogen-bond acceptors (Lipinski definition) is 23. The summed E-state index contributed by atoms with van der Waals surface area (Å²) < 4.78 is 35.8. The van der Waals surface area contributed by atoms with Crippen molar-refractivity contribution in [2.75, 3.05) is 37.7 Å². The predicted molar refractivity (Wildman–Crippen MR) is 230 cm³/mol. The van der Waals surface area contributed by atoms with Crippen LogP contribution in [0.3, 0.4) is 0 Å². The standard InChI is InChI=1S/C29H50N6O12.5C2H4O2/c30-7-17-21(39)22(40)19(34)28(43-17)46-25-18(11-37)44-29(23(25)41)47-26-20(38)14(31)6-15(32)24(26)45-27-16(33)9-35(8-13(10-36)42-27)12-4-2-1-3-5-12;5*1-2(3)4/h1-5,13-29,36-41H,6-11,30-34H2;5*1H3,(H,3,4)/t13-,14+,15-,16+,17-,18+,19+,20-,21+,22+,23+,24+,25+,26+,27+,28+,29-;;;;;/m0...../s1. The summed E-state index contributed by atoms with van der Waals surface area (Å²) in [7, 11) is 0. The summed E-state index contributed by atoms with van der Waals surface area (Å²) >= 11 is 0. The van der Waals surface area contributed by atoms with Gasteiger partial charge >= 0.3 is 0 Å². The van der Waals surface area contributed by atoms with Crippen molar-refractivity contribution in [3.8, 4) is 0 Å². The van der Waals surface area contributed by atoms with Crippen LogP contribution in [0, 0.1) is 0 Å². The highest BCUT2D eigenvalue weighted by molar-refractivity contribution is 5.64. The lowest BCUT2D eigenvalue weighted by molar-refractivity contribution is -0.284. The Morgan fingerprint density at radius 1 is 0.567 bits per heavy atom. The number of carboxylic acids is 5. The van der Waals surface area contributed by atoms with Crippen molar-refractivity contribution in [2.45, 2.75) is 145 Å². The first-order valence-corrected chi connectivity index (χ1v) is 20.5. The van der Waals surface area contributed by atoms with Gasteiger partial charge in [0.1, 0.15) is 54.9 Å². The third-order valence-electron chi connectivity index (χ3n) is 9.25. The van der Waals surface area contributed by atoms with Gasteiger partial charge in [0.25, 0.3) is 29.8 Å². The lowest BCUT2D eigenvalue weighted by atomic mass is 9.84. The topological polar surface area (TPSA) is 497 Å². The second kappa shape index (κ2) is 31.7. The molecular formula is C39H70N6O22. The van der Waals surface area contributed by atoms with E-state index in [1.165, 1.54) is 0 Å². The Hall–Kier alpha value is -4.31. The zero-order valence-electron chi connectivity index (χ0n) is 37.7. The van der Waals surface area contributed by atoms with Crippen LogP contribution >= 0.6 is 0 Å². The quantitative estimate of drug-likeness (QED) is 0.104. The van der Waals surface area contributed by atoms with Crippen LogP contribution in [-0.4, -0.2) is 223 Å². The van der Waals surface area contributed by atoms with E-state index in [2.05, 4.69) is 0 Å². The molecule has 3 heterocycles. The zero-order valence-corrected chi connectivity index (χ0v) is 37.7. The summed E-state index contributed by atoms with van der Waals surface area (Å²) in [4.78, 5) is 47.0. The molecule has 3 aliphatic heterocycles. The smallest absolute Gasteiger partial charge is 0.300 e. The molecule has 1 aromatic carbocycles. The first-order chi connectivity index (χ1) is 31.1. The van der Waals surface area contributed by atoms with Gasteiger partial charge in [-0.3, -0.25) is 24.0 Å². The number of ether oxygens (including phenoxy) is 6. The van der Waals surface area contributed by atoms with Crippen molar-refractivity contribution >= 4 is 35.5 Å². The summed E-state index contributed by atoms with van der Waals surface area (Å²) in [6.07, 6.45) is -15.9. The SMILES string of the molecule is CC(=O)O.CC(=O)O.CC(=O)O.CC(=O)O.CC(=O)O.NC[C@@H]1O[C@H](O[C@H]2[C@@H](O)[C@H](O[C@@H]3[C@@H](O)[C@H](N)C[C@H](N)[C@H]3O[C@H]3O[C@H](CO)CN(c4ccccc4)C[C@H]3N)O[C@@H]2CO)[C@H](N)[C@@H](O)[C@@H]1O. The Morgan fingerprint density at radius 3 is 1.49 bits per heavy atom. The Bertz CT molecular complexity index is 1520. The Morgan fingerprint density at radius 2 is 1.03 bits per heavy atom. The van der Waals surface area contributed by atoms with Crippen LogP contribution in [0.1, 0.15) is 41.0 Å². The van der Waals surface area contributed by atoms with E-state index in [0.29, 0.717) is 13.1 Å². The van der Waals surface area contributed by atoms with E-state index in [0.717, 1.165) is 40.3 Å². The molecule has 1 aromatic rings. The molecule has 1 saturated carbocycles. The highest BCUT2D eigenvalue weighted by atomic mass is 16.8. The molecule has 0 aromatic heterocycles. The summed E-state index contributed by atoms with van der Waals surface area (Å²) in [5.74, 6) is -4.17. The Labute approximate surface area is 385 Å². The number of carbonyl (C=O) groups is 5. The van der Waals surface area contributed by atoms with Crippen LogP contribution in [0.25, 0.3) is 0 Å². The molecule has 3 saturated heterocycles. The second-order valence-electron chi connectivity index (χ2n) is 15.2. The molecule has 28 nitrogen and oxygen atoms in total. The van der Waals surface area contributed by atoms with E-state index in [-0.39, 0.29) is 19.6 Å². The first kappa shape index (κ1) is 62.7. The van der Waals surface area contributed by atoms with E-state index in [1.807, 2.05) is 35.2 Å². The van der Waals surface area contributed by atoms with Crippen molar-refractivity contribution in [1.29, 1.82) is 0 Å². The minimum atomic E-state index is -1.57. The molecule has 1 aliphatic carbocycles. The van der Waals surface area contributed by atoms with Crippen LogP contribution < -0.4 is 33.6 Å². The fourth-order valence-corrected chi connectivity index (χ4v) is 6.55. The van der Waals surface area contributed by atoms with Crippen molar-refractivity contribution in [2.24, 2.45) is 28.7 Å². The molecule has 4 aliphatic rings. The molecule has 388 valence electrons. The van der Waals surface area contributed by atoms with Crippen LogP contribution in [0.15, 0.2) is 30.3 Å². The number of nitrogens with zero attached hydrogens (tertiary/aromatic N) is 1. The van der Waals surface area contributed by atoms with Crippen LogP contribution in [-0.2, 0) is 52.4 Å². The summed E-state index contributed by atoms with van der Waals surface area (Å²) in [6, 6.07) is 5.96. The molecule has 0 radical (unpaired) electrons. The second-order valence-corrected chi connectivity index (χ2v) is 15.2. The number of hydrogen-bond donors (Lipinski definition) is 16. The van der Waals surface area contributed by atoms with Crippen molar-refractivity contribution in [3.63, 3.8) is 0 Å². The van der Waals surface area contributed by atoms with Gasteiger partial charge in [0.2, 0.25) is 0 Å². The van der Waals surface area contributed by atoms with Gasteiger partial charge in [-0.1, -0.05) is 18.2 Å². The van der Waals surface area contributed by atoms with E-state index < -0.39 is 141 Å². The highest BCUT2D eigenvalue weighted by Crippen LogP contribution is 2.34. The summed E-state index contributed by atoms with van der Waals surface area (Å²) in [5, 5.41) is 100. The van der Waals surface area contributed by atoms with Crippen molar-refractivity contribution in [1.82, 2.24) is 0 Å². The van der Waals surface area contributed by atoms with E-state index >= 15 is 0 Å². The van der Waals surface area contributed by atoms with Gasteiger partial charge < -0.3 is 118 Å². The van der Waals surface area contributed by atoms with E-state index in [1.54, 1.807) is 0 Å². The number of anilines is 1. The minimum absolute atomic E-state index is 0.150. The molecule has 17 atom stereocenters. The lowest BCUT2D eigenvalue weighted by Crippen LogP contribution is -2.65. The number of para-hydroxylation sites is 1. The van der Waals surface area contributed by atoms with Crippen molar-refractivity contribution < 1.29 is 109 Å². The van der Waals surface area contributed by atoms with Gasteiger partial charge in [0.05, 0.1) is 31.4 Å². The molecule has 28 heteroatoms. The number of carboxylic acid groups (broad SMARTS) is 5. The minimum Gasteiger partial charge on any atom is -0.481 e. The molecule has 67 heavy (non-hydrogen) atoms. The molecule has 5 rings (SSSR count). The van der Waals surface area contributed by atoms with Crippen LogP contribution in [0.4, 0.5) is 5.69 Å². The zero-order chi connectivity index (χ0) is 51.9. The van der Waals surface area contributed by atoms with Gasteiger partial charge in [0, 0.05) is 72.0 Å². The number of rotatable bonds is 10. The average molecular weight is 975 g/mol. The lowest BCUT2D eigenvalue weighted by Gasteiger charge is -2.44. The third-order valence-corrected chi connectivity index (χ3v) is 9.25. The van der Waals surface area contributed by atoms with Crippen molar-refractivity contribution in [3.05, 3.63) is 30.3 Å². The number of nitrogens with two attached hydrogens (primary N) is 5. The van der Waals surface area contributed by atoms with Crippen LogP contribution in [0.5, 0.6) is 0 Å². The molecule has 0 amide bonds. The molecule has 0 spiro atoms. The van der Waals surface area contributed by atoms with Gasteiger partial charge in [-0.2, -0.15) is 0 Å². The molecule has 0 unspecified atom stereocenters. The number of benzene rings is 1. The average Bonchev–Trinajstić information content (AvgIpc) is 3.41. The maximum atomic E-state index is 11.3. The Kier molecular flexibility index (Phi) is 29.6. The largest absolute Gasteiger partial charge is 0.481 e. The first-order valence-electron chi connectivity index (χ1n) is 20.5. The Balaban J connectivity index is 0.00000184. The van der Waals surface area contributed by atoms with E-state index in [9.17, 15) is 30.6 Å². The molecule has 4 fully saturated rings. The van der Waals surface area contributed by atoms with Gasteiger partial charge in [-0.15, -0.1) is 0 Å². The maximum Gasteiger partial charge on any atom is 0.300 e. The monoisotopic (exact) mass is 974 g/mol. The summed E-state index contributed by atoms with van der Waals surface area (Å²) in [6.45, 7) is 4.98. The summed E-state index contributed by atoms with van der Waals surface area (Å²) in [5.41, 5.74) is 31.8. The van der Waals surface area contributed by atoms with Crippen LogP contribution in [0.2, 0.25) is 0 Å². The van der Waals surface area contributed by atoms with Gasteiger partial charge in [0.15, 0.2) is 18.9 Å². The number of aliphatic hydroxyl groups is 6. The fraction of sp³-hybridized carbons (Fsp3) is 0.718. The highest BCUT2D eigenvalue weighted by Gasteiger charge is 2.53. The number of aliphatic hydroxyl groups excluding tert-OH is 6. The molecule has 21 N–H and O–H groups in total. The molecule has 0 bridgehead atoms.